The summed E-state index contributed by atoms with van der Waals surface area (Å²) in [5.41, 5.74) is 1.31. The molecule has 0 unspecified atom stereocenters. The van der Waals surface area contributed by atoms with Crippen molar-refractivity contribution in [3.8, 4) is 0 Å². The van der Waals surface area contributed by atoms with E-state index in [9.17, 15) is 13.6 Å². The van der Waals surface area contributed by atoms with Crippen LogP contribution in [0.15, 0.2) is 42.5 Å². The summed E-state index contributed by atoms with van der Waals surface area (Å²) in [5, 5.41) is 5.67. The molecule has 0 atom stereocenters. The normalized spacial score (nSPS) is 14.1. The lowest BCUT2D eigenvalue weighted by molar-refractivity contribution is 0.122. The van der Waals surface area contributed by atoms with Gasteiger partial charge < -0.3 is 20.3 Å². The standard InChI is InChI=1S/C21H20F2N4O2/c1-13-2-4-15(11-17(13)22)24-21(28)25-16-10-14-3-5-19(26-20(14)18(23)12-16)27-6-8-29-9-7-27/h2-5,10-12H,6-9H2,1H3,(H2,24,25,28). The number of urea groups is 1. The molecule has 0 spiro atoms. The maximum Gasteiger partial charge on any atom is 0.323 e. The molecular formula is C21H20F2N4O2. The number of anilines is 3. The maximum atomic E-state index is 14.6. The largest absolute Gasteiger partial charge is 0.378 e. The predicted molar refractivity (Wildman–Crippen MR) is 109 cm³/mol. The minimum absolute atomic E-state index is 0.237. The van der Waals surface area contributed by atoms with Crippen molar-refractivity contribution in [3.63, 3.8) is 0 Å². The van der Waals surface area contributed by atoms with Gasteiger partial charge in [0.1, 0.15) is 17.2 Å². The molecule has 29 heavy (non-hydrogen) atoms. The number of carbonyl (C=O) groups excluding carboxylic acids is 1. The van der Waals surface area contributed by atoms with Crippen molar-refractivity contribution in [2.45, 2.75) is 6.92 Å². The third kappa shape index (κ3) is 4.27. The van der Waals surface area contributed by atoms with Crippen LogP contribution in [-0.4, -0.2) is 37.3 Å². The quantitative estimate of drug-likeness (QED) is 0.690. The first kappa shape index (κ1) is 19.1. The Balaban J connectivity index is 1.51. The van der Waals surface area contributed by atoms with Crippen LogP contribution in [0, 0.1) is 18.6 Å². The number of rotatable bonds is 3. The first-order valence-corrected chi connectivity index (χ1v) is 9.27. The molecule has 0 radical (unpaired) electrons. The van der Waals surface area contributed by atoms with Crippen molar-refractivity contribution in [1.29, 1.82) is 0 Å². The topological polar surface area (TPSA) is 66.5 Å². The molecule has 1 aromatic heterocycles. The molecule has 0 saturated carbocycles. The first-order chi connectivity index (χ1) is 14.0. The first-order valence-electron chi connectivity index (χ1n) is 9.27. The van der Waals surface area contributed by atoms with E-state index in [-0.39, 0.29) is 11.2 Å². The Bertz CT molecular complexity index is 1070. The van der Waals surface area contributed by atoms with Crippen LogP contribution < -0.4 is 15.5 Å². The van der Waals surface area contributed by atoms with E-state index in [2.05, 4.69) is 15.6 Å². The number of fused-ring (bicyclic) bond motifs is 1. The Kier molecular flexibility index (Phi) is 5.26. The highest BCUT2D eigenvalue weighted by molar-refractivity contribution is 6.01. The summed E-state index contributed by atoms with van der Waals surface area (Å²) < 4.78 is 33.6. The molecule has 4 rings (SSSR count). The summed E-state index contributed by atoms with van der Waals surface area (Å²) in [4.78, 5) is 18.7. The van der Waals surface area contributed by atoms with Gasteiger partial charge in [0.05, 0.1) is 13.2 Å². The van der Waals surface area contributed by atoms with Crippen LogP contribution in [0.2, 0.25) is 0 Å². The zero-order valence-electron chi connectivity index (χ0n) is 15.8. The summed E-state index contributed by atoms with van der Waals surface area (Å²) in [6, 6.07) is 10.3. The monoisotopic (exact) mass is 398 g/mol. The van der Waals surface area contributed by atoms with Crippen molar-refractivity contribution in [1.82, 2.24) is 4.98 Å². The van der Waals surface area contributed by atoms with E-state index in [1.807, 2.05) is 11.0 Å². The van der Waals surface area contributed by atoms with Gasteiger partial charge in [-0.3, -0.25) is 0 Å². The highest BCUT2D eigenvalue weighted by Crippen LogP contribution is 2.25. The Morgan fingerprint density at radius 1 is 1.00 bits per heavy atom. The second-order valence-corrected chi connectivity index (χ2v) is 6.84. The average molecular weight is 398 g/mol. The SMILES string of the molecule is Cc1ccc(NC(=O)Nc2cc(F)c3nc(N4CCOCC4)ccc3c2)cc1F. The summed E-state index contributed by atoms with van der Waals surface area (Å²) in [6.07, 6.45) is 0. The smallest absolute Gasteiger partial charge is 0.323 e. The molecule has 6 nitrogen and oxygen atoms in total. The molecule has 0 aliphatic carbocycles. The zero-order valence-corrected chi connectivity index (χ0v) is 15.8. The van der Waals surface area contributed by atoms with Gasteiger partial charge in [-0.05, 0) is 48.9 Å². The van der Waals surface area contributed by atoms with E-state index in [0.29, 0.717) is 48.8 Å². The number of nitrogens with zero attached hydrogens (tertiary/aromatic N) is 2. The molecule has 8 heteroatoms. The fourth-order valence-electron chi connectivity index (χ4n) is 3.19. The van der Waals surface area contributed by atoms with Gasteiger partial charge >= 0.3 is 6.03 Å². The van der Waals surface area contributed by atoms with Gasteiger partial charge in [0.25, 0.3) is 0 Å². The number of amides is 2. The van der Waals surface area contributed by atoms with Gasteiger partial charge in [0, 0.05) is 29.9 Å². The van der Waals surface area contributed by atoms with Crippen LogP contribution in [0.25, 0.3) is 10.9 Å². The fourth-order valence-corrected chi connectivity index (χ4v) is 3.19. The second-order valence-electron chi connectivity index (χ2n) is 6.84. The lowest BCUT2D eigenvalue weighted by atomic mass is 10.2. The summed E-state index contributed by atoms with van der Waals surface area (Å²) >= 11 is 0. The number of aromatic nitrogens is 1. The Labute approximate surface area is 166 Å². The summed E-state index contributed by atoms with van der Waals surface area (Å²) in [5.74, 6) is -0.254. The molecule has 2 amide bonds. The van der Waals surface area contributed by atoms with E-state index < -0.39 is 17.7 Å². The molecule has 2 N–H and O–H groups in total. The molecule has 2 heterocycles. The van der Waals surface area contributed by atoms with Gasteiger partial charge in [-0.1, -0.05) is 6.07 Å². The molecule has 1 saturated heterocycles. The third-order valence-electron chi connectivity index (χ3n) is 4.75. The number of ether oxygens (including phenoxy) is 1. The van der Waals surface area contributed by atoms with E-state index >= 15 is 0 Å². The van der Waals surface area contributed by atoms with E-state index in [4.69, 9.17) is 4.74 Å². The van der Waals surface area contributed by atoms with Gasteiger partial charge in [0.15, 0.2) is 5.82 Å². The summed E-state index contributed by atoms with van der Waals surface area (Å²) in [6.45, 7) is 4.28. The lowest BCUT2D eigenvalue weighted by Crippen LogP contribution is -2.36. The van der Waals surface area contributed by atoms with Crippen LogP contribution in [0.5, 0.6) is 0 Å². The van der Waals surface area contributed by atoms with Crippen LogP contribution in [0.4, 0.5) is 30.8 Å². The van der Waals surface area contributed by atoms with Gasteiger partial charge in [-0.25, -0.2) is 18.6 Å². The maximum absolute atomic E-state index is 14.6. The van der Waals surface area contributed by atoms with Crippen molar-refractivity contribution < 1.29 is 18.3 Å². The molecule has 2 aromatic carbocycles. The number of aryl methyl sites for hydroxylation is 1. The van der Waals surface area contributed by atoms with Gasteiger partial charge in [0.2, 0.25) is 0 Å². The Morgan fingerprint density at radius 2 is 1.72 bits per heavy atom. The second kappa shape index (κ2) is 8.00. The zero-order chi connectivity index (χ0) is 20.4. The number of benzene rings is 2. The third-order valence-corrected chi connectivity index (χ3v) is 4.75. The average Bonchev–Trinajstić information content (AvgIpc) is 2.71. The van der Waals surface area contributed by atoms with Crippen LogP contribution >= 0.6 is 0 Å². The molecule has 1 aliphatic heterocycles. The molecule has 1 fully saturated rings. The molecule has 0 bridgehead atoms. The predicted octanol–water partition coefficient (Wildman–Crippen LogP) is 4.30. The van der Waals surface area contributed by atoms with Gasteiger partial charge in [-0.15, -0.1) is 0 Å². The fraction of sp³-hybridized carbons (Fsp3) is 0.238. The number of hydrogen-bond donors (Lipinski definition) is 2. The van der Waals surface area contributed by atoms with Crippen molar-refractivity contribution in [3.05, 3.63) is 59.7 Å². The van der Waals surface area contributed by atoms with Gasteiger partial charge in [-0.2, -0.15) is 0 Å². The minimum Gasteiger partial charge on any atom is -0.378 e. The number of morpholine rings is 1. The van der Waals surface area contributed by atoms with Crippen LogP contribution in [-0.2, 0) is 4.74 Å². The lowest BCUT2D eigenvalue weighted by Gasteiger charge is -2.28. The van der Waals surface area contributed by atoms with Crippen LogP contribution in [0.3, 0.4) is 0 Å². The molecule has 1 aliphatic rings. The number of nitrogens with one attached hydrogen (secondary N) is 2. The molecule has 150 valence electrons. The van der Waals surface area contributed by atoms with E-state index in [1.54, 1.807) is 31.2 Å². The Morgan fingerprint density at radius 3 is 2.48 bits per heavy atom. The minimum atomic E-state index is -0.593. The van der Waals surface area contributed by atoms with E-state index in [1.165, 1.54) is 12.1 Å². The molecular weight excluding hydrogens is 378 g/mol. The highest BCUT2D eigenvalue weighted by Gasteiger charge is 2.15. The highest BCUT2D eigenvalue weighted by atomic mass is 19.1. The van der Waals surface area contributed by atoms with Crippen molar-refractivity contribution in [2.24, 2.45) is 0 Å². The van der Waals surface area contributed by atoms with Crippen molar-refractivity contribution in [2.75, 3.05) is 41.8 Å². The number of hydrogen-bond acceptors (Lipinski definition) is 4. The number of pyridine rings is 1. The number of carbonyl (C=O) groups is 1. The Hall–Kier alpha value is -3.26. The summed E-state index contributed by atoms with van der Waals surface area (Å²) in [7, 11) is 0. The van der Waals surface area contributed by atoms with Crippen molar-refractivity contribution >= 4 is 34.1 Å². The van der Waals surface area contributed by atoms with E-state index in [0.717, 1.165) is 0 Å². The number of halogens is 2. The molecule has 3 aromatic rings. The van der Waals surface area contributed by atoms with Crippen LogP contribution in [0.1, 0.15) is 5.56 Å².